The van der Waals surface area contributed by atoms with E-state index >= 15 is 0 Å². The minimum Gasteiger partial charge on any atom is -0.367 e. The molecular formula is C17H27ClN2O2. The summed E-state index contributed by atoms with van der Waals surface area (Å²) in [6, 6.07) is 9.74. The zero-order valence-electron chi connectivity index (χ0n) is 13.5. The van der Waals surface area contributed by atoms with Crippen LogP contribution in [0.3, 0.4) is 0 Å². The van der Waals surface area contributed by atoms with E-state index in [2.05, 4.69) is 5.32 Å². The van der Waals surface area contributed by atoms with Crippen molar-refractivity contribution in [3.8, 4) is 0 Å². The highest BCUT2D eigenvalue weighted by atomic mass is 35.5. The number of likely N-dealkylation sites (tertiary alicyclic amines) is 1. The number of hydrogen-bond acceptors (Lipinski definition) is 3. The highest BCUT2D eigenvalue weighted by molar-refractivity contribution is 5.85. The number of methoxy groups -OCH3 is 1. The van der Waals surface area contributed by atoms with Gasteiger partial charge < -0.3 is 15.0 Å². The first-order chi connectivity index (χ1) is 10.3. The number of hydrogen-bond donors (Lipinski definition) is 1. The van der Waals surface area contributed by atoms with Crippen LogP contribution in [-0.4, -0.2) is 44.6 Å². The van der Waals surface area contributed by atoms with Crippen molar-refractivity contribution in [1.29, 1.82) is 0 Å². The Hall–Kier alpha value is -1.10. The van der Waals surface area contributed by atoms with Gasteiger partial charge in [0, 0.05) is 20.2 Å². The fraction of sp³-hybridized carbons (Fsp3) is 0.588. The molecule has 22 heavy (non-hydrogen) atoms. The molecule has 1 unspecified atom stereocenters. The molecule has 1 aromatic rings. The predicted molar refractivity (Wildman–Crippen MR) is 91.3 cm³/mol. The van der Waals surface area contributed by atoms with Crippen molar-refractivity contribution in [3.05, 3.63) is 35.9 Å². The number of nitrogens with zero attached hydrogens (tertiary/aromatic N) is 1. The summed E-state index contributed by atoms with van der Waals surface area (Å²) in [7, 11) is 3.59. The molecule has 0 saturated carbocycles. The van der Waals surface area contributed by atoms with Gasteiger partial charge in [0.1, 0.15) is 0 Å². The monoisotopic (exact) mass is 326 g/mol. The first-order valence-electron chi connectivity index (χ1n) is 7.77. The van der Waals surface area contributed by atoms with Crippen LogP contribution in [0.5, 0.6) is 0 Å². The second kappa shape index (κ2) is 9.82. The average Bonchev–Trinajstić information content (AvgIpc) is 2.55. The van der Waals surface area contributed by atoms with Crippen LogP contribution >= 0.6 is 12.4 Å². The summed E-state index contributed by atoms with van der Waals surface area (Å²) in [6.07, 6.45) is 2.92. The molecule has 1 aromatic carbocycles. The Balaban J connectivity index is 0.00000242. The van der Waals surface area contributed by atoms with Gasteiger partial charge in [0.05, 0.1) is 0 Å². The molecule has 0 aromatic heterocycles. The molecule has 1 aliphatic heterocycles. The van der Waals surface area contributed by atoms with Crippen LogP contribution in [0.25, 0.3) is 0 Å². The molecule has 0 spiro atoms. The normalized spacial score (nSPS) is 16.9. The molecule has 4 nitrogen and oxygen atoms in total. The number of benzene rings is 1. The molecule has 2 rings (SSSR count). The van der Waals surface area contributed by atoms with Crippen molar-refractivity contribution < 1.29 is 9.53 Å². The molecule has 0 bridgehead atoms. The molecule has 1 aliphatic rings. The second-order valence-corrected chi connectivity index (χ2v) is 5.69. The zero-order chi connectivity index (χ0) is 15.1. The van der Waals surface area contributed by atoms with Crippen molar-refractivity contribution in [2.75, 3.05) is 33.8 Å². The standard InChI is InChI=1S/C17H26N2O2.ClH/c1-18-11-8-14-9-12-19(13-10-14)17(20)16(21-2)15-6-4-3-5-7-15;/h3-7,14,16,18H,8-13H2,1-2H3;1H. The lowest BCUT2D eigenvalue weighted by Gasteiger charge is -2.34. The summed E-state index contributed by atoms with van der Waals surface area (Å²) >= 11 is 0. The number of nitrogens with one attached hydrogen (secondary N) is 1. The van der Waals surface area contributed by atoms with Crippen LogP contribution in [0.4, 0.5) is 0 Å². The quantitative estimate of drug-likeness (QED) is 0.873. The first-order valence-corrected chi connectivity index (χ1v) is 7.77. The van der Waals surface area contributed by atoms with E-state index in [1.54, 1.807) is 7.11 Å². The fourth-order valence-corrected chi connectivity index (χ4v) is 2.96. The lowest BCUT2D eigenvalue weighted by Crippen LogP contribution is -2.41. The Labute approximate surface area is 139 Å². The van der Waals surface area contributed by atoms with Crippen molar-refractivity contribution in [2.45, 2.75) is 25.4 Å². The van der Waals surface area contributed by atoms with E-state index in [-0.39, 0.29) is 18.3 Å². The van der Waals surface area contributed by atoms with E-state index < -0.39 is 6.10 Å². The number of carbonyl (C=O) groups excluding carboxylic acids is 1. The van der Waals surface area contributed by atoms with Crippen molar-refractivity contribution in [2.24, 2.45) is 5.92 Å². The van der Waals surface area contributed by atoms with Crippen molar-refractivity contribution >= 4 is 18.3 Å². The minimum atomic E-state index is -0.472. The van der Waals surface area contributed by atoms with Crippen LogP contribution in [0.15, 0.2) is 30.3 Å². The first kappa shape index (κ1) is 18.9. The summed E-state index contributed by atoms with van der Waals surface area (Å²) in [4.78, 5) is 14.6. The van der Waals surface area contributed by atoms with Crippen LogP contribution in [0.2, 0.25) is 0 Å². The number of rotatable bonds is 6. The summed E-state index contributed by atoms with van der Waals surface area (Å²) in [5.74, 6) is 0.829. The van der Waals surface area contributed by atoms with Crippen LogP contribution in [0.1, 0.15) is 30.9 Å². The summed E-state index contributed by atoms with van der Waals surface area (Å²) in [5, 5.41) is 3.20. The molecule has 5 heteroatoms. The Morgan fingerprint density at radius 2 is 1.95 bits per heavy atom. The lowest BCUT2D eigenvalue weighted by atomic mass is 9.93. The highest BCUT2D eigenvalue weighted by Crippen LogP contribution is 2.25. The molecule has 0 aliphatic carbocycles. The zero-order valence-corrected chi connectivity index (χ0v) is 14.3. The summed E-state index contributed by atoms with van der Waals surface area (Å²) < 4.78 is 5.44. The second-order valence-electron chi connectivity index (χ2n) is 5.69. The smallest absolute Gasteiger partial charge is 0.256 e. The molecule has 1 fully saturated rings. The average molecular weight is 327 g/mol. The van der Waals surface area contributed by atoms with Crippen LogP contribution in [-0.2, 0) is 9.53 Å². The lowest BCUT2D eigenvalue weighted by molar-refractivity contribution is -0.143. The maximum atomic E-state index is 12.6. The minimum absolute atomic E-state index is 0. The summed E-state index contributed by atoms with van der Waals surface area (Å²) in [6.45, 7) is 2.75. The molecular weight excluding hydrogens is 300 g/mol. The van der Waals surface area contributed by atoms with E-state index in [1.165, 1.54) is 6.42 Å². The Morgan fingerprint density at radius 3 is 2.50 bits per heavy atom. The Morgan fingerprint density at radius 1 is 1.32 bits per heavy atom. The Bertz CT molecular complexity index is 434. The highest BCUT2D eigenvalue weighted by Gasteiger charge is 2.28. The topological polar surface area (TPSA) is 41.6 Å². The third-order valence-corrected chi connectivity index (χ3v) is 4.29. The van der Waals surface area contributed by atoms with E-state index in [1.807, 2.05) is 42.3 Å². The molecule has 1 N–H and O–H groups in total. The molecule has 1 amide bonds. The van der Waals surface area contributed by atoms with E-state index in [4.69, 9.17) is 4.74 Å². The van der Waals surface area contributed by atoms with Crippen LogP contribution in [0, 0.1) is 5.92 Å². The molecule has 124 valence electrons. The predicted octanol–water partition coefficient (Wildman–Crippen LogP) is 2.64. The van der Waals surface area contributed by atoms with Gasteiger partial charge in [-0.3, -0.25) is 4.79 Å². The molecule has 1 atom stereocenters. The third kappa shape index (κ3) is 4.97. The largest absolute Gasteiger partial charge is 0.367 e. The van der Waals surface area contributed by atoms with Gasteiger partial charge >= 0.3 is 0 Å². The van der Waals surface area contributed by atoms with Gasteiger partial charge in [-0.05, 0) is 44.3 Å². The van der Waals surface area contributed by atoms with E-state index in [0.717, 1.165) is 44.0 Å². The van der Waals surface area contributed by atoms with E-state index in [9.17, 15) is 4.79 Å². The van der Waals surface area contributed by atoms with Crippen molar-refractivity contribution in [3.63, 3.8) is 0 Å². The number of amides is 1. The van der Waals surface area contributed by atoms with Gasteiger partial charge in [-0.25, -0.2) is 0 Å². The molecule has 1 heterocycles. The maximum Gasteiger partial charge on any atom is 0.256 e. The number of halogens is 1. The van der Waals surface area contributed by atoms with Gasteiger partial charge in [0.2, 0.25) is 0 Å². The van der Waals surface area contributed by atoms with Crippen molar-refractivity contribution in [1.82, 2.24) is 10.2 Å². The number of carbonyl (C=O) groups is 1. The Kier molecular flexibility index (Phi) is 8.46. The number of ether oxygens (including phenoxy) is 1. The van der Waals surface area contributed by atoms with Gasteiger partial charge in [0.25, 0.3) is 5.91 Å². The SMILES string of the molecule is CNCCC1CCN(C(=O)C(OC)c2ccccc2)CC1.Cl. The third-order valence-electron chi connectivity index (χ3n) is 4.29. The van der Waals surface area contributed by atoms with Crippen LogP contribution < -0.4 is 5.32 Å². The summed E-state index contributed by atoms with van der Waals surface area (Å²) in [5.41, 5.74) is 0.933. The maximum absolute atomic E-state index is 12.6. The van der Waals surface area contributed by atoms with Gasteiger partial charge in [-0.1, -0.05) is 30.3 Å². The molecule has 1 saturated heterocycles. The van der Waals surface area contributed by atoms with E-state index in [0.29, 0.717) is 0 Å². The van der Waals surface area contributed by atoms with Gasteiger partial charge in [-0.15, -0.1) is 12.4 Å². The van der Waals surface area contributed by atoms with Gasteiger partial charge in [-0.2, -0.15) is 0 Å². The van der Waals surface area contributed by atoms with Gasteiger partial charge in [0.15, 0.2) is 6.10 Å². The molecule has 0 radical (unpaired) electrons. The fourth-order valence-electron chi connectivity index (χ4n) is 2.96. The number of piperidine rings is 1.